The zero-order valence-electron chi connectivity index (χ0n) is 13.6. The fraction of sp³-hybridized carbons (Fsp3) is 0.263. The molecule has 3 rings (SSSR count). The van der Waals surface area contributed by atoms with E-state index in [1.807, 2.05) is 31.2 Å². The van der Waals surface area contributed by atoms with Crippen molar-refractivity contribution < 1.29 is 18.7 Å². The van der Waals surface area contributed by atoms with Gasteiger partial charge in [-0.05, 0) is 44.2 Å². The molecule has 0 amide bonds. The van der Waals surface area contributed by atoms with Gasteiger partial charge in [-0.3, -0.25) is 0 Å². The van der Waals surface area contributed by atoms with Crippen molar-refractivity contribution in [2.24, 2.45) is 0 Å². The van der Waals surface area contributed by atoms with E-state index in [0.717, 1.165) is 11.0 Å². The van der Waals surface area contributed by atoms with Gasteiger partial charge in [-0.15, -0.1) is 0 Å². The fourth-order valence-corrected chi connectivity index (χ4v) is 2.52. The molecule has 5 heteroatoms. The van der Waals surface area contributed by atoms with Gasteiger partial charge in [-0.1, -0.05) is 5.57 Å². The number of benzene rings is 1. The van der Waals surface area contributed by atoms with Crippen molar-refractivity contribution in [2.45, 2.75) is 26.4 Å². The Hall–Kier alpha value is -2.82. The van der Waals surface area contributed by atoms with Gasteiger partial charge in [0.25, 0.3) is 0 Å². The highest BCUT2D eigenvalue weighted by molar-refractivity contribution is 5.90. The molecule has 124 valence electrons. The summed E-state index contributed by atoms with van der Waals surface area (Å²) in [7, 11) is 0. The number of fused-ring (bicyclic) bond motifs is 1. The molecule has 0 saturated carbocycles. The van der Waals surface area contributed by atoms with Crippen LogP contribution in [0.25, 0.3) is 11.0 Å². The number of esters is 1. The molecule has 0 spiro atoms. The molecule has 1 aliphatic rings. The van der Waals surface area contributed by atoms with E-state index in [9.17, 15) is 9.59 Å². The molecule has 1 atom stereocenters. The average Bonchev–Trinajstić information content (AvgIpc) is 2.84. The lowest BCUT2D eigenvalue weighted by atomic mass is 10.1. The molecule has 2 heterocycles. The topological polar surface area (TPSA) is 65.7 Å². The summed E-state index contributed by atoms with van der Waals surface area (Å²) >= 11 is 0. The minimum Gasteiger partial charge on any atom is -0.489 e. The Labute approximate surface area is 139 Å². The summed E-state index contributed by atoms with van der Waals surface area (Å²) in [6.07, 6.45) is 4.25. The first-order chi connectivity index (χ1) is 11.5. The molecular formula is C19H18O5. The average molecular weight is 326 g/mol. The first-order valence-corrected chi connectivity index (χ1v) is 7.73. The first kappa shape index (κ1) is 16.1. The molecule has 5 nitrogen and oxygen atoms in total. The maximum absolute atomic E-state index is 11.3. The number of hydrogen-bond donors (Lipinski definition) is 0. The molecule has 1 aliphatic heterocycles. The van der Waals surface area contributed by atoms with Gasteiger partial charge in [0, 0.05) is 29.5 Å². The zero-order valence-corrected chi connectivity index (χ0v) is 13.6. The van der Waals surface area contributed by atoms with Gasteiger partial charge in [0.1, 0.15) is 24.0 Å². The summed E-state index contributed by atoms with van der Waals surface area (Å²) in [5, 5.41) is 0.846. The van der Waals surface area contributed by atoms with Crippen molar-refractivity contribution in [3.8, 4) is 5.75 Å². The number of hydrogen-bond acceptors (Lipinski definition) is 5. The second-order valence-electron chi connectivity index (χ2n) is 5.81. The van der Waals surface area contributed by atoms with Gasteiger partial charge in [-0.25, -0.2) is 9.59 Å². The second-order valence-corrected chi connectivity index (χ2v) is 5.81. The Morgan fingerprint density at radius 1 is 1.25 bits per heavy atom. The van der Waals surface area contributed by atoms with Gasteiger partial charge in [0.2, 0.25) is 0 Å². The van der Waals surface area contributed by atoms with E-state index in [0.29, 0.717) is 29.9 Å². The summed E-state index contributed by atoms with van der Waals surface area (Å²) in [6, 6.07) is 8.48. The zero-order chi connectivity index (χ0) is 17.1. The molecule has 0 N–H and O–H groups in total. The van der Waals surface area contributed by atoms with E-state index in [1.165, 1.54) is 6.07 Å². The SMILES string of the molecule is CC1=C[C@@H](C/C(C)=C/COc2ccc3ccc(=O)oc3c2)OC1=O. The molecule has 0 fully saturated rings. The molecule has 0 radical (unpaired) electrons. The van der Waals surface area contributed by atoms with Crippen molar-refractivity contribution in [1.29, 1.82) is 0 Å². The Morgan fingerprint density at radius 2 is 2.04 bits per heavy atom. The largest absolute Gasteiger partial charge is 0.489 e. The van der Waals surface area contributed by atoms with Crippen LogP contribution in [0.1, 0.15) is 20.3 Å². The summed E-state index contributed by atoms with van der Waals surface area (Å²) in [4.78, 5) is 22.6. The molecule has 2 aromatic rings. The maximum Gasteiger partial charge on any atom is 0.336 e. The first-order valence-electron chi connectivity index (χ1n) is 7.73. The predicted octanol–water partition coefficient (Wildman–Crippen LogP) is 3.38. The molecule has 1 aromatic heterocycles. The van der Waals surface area contributed by atoms with E-state index in [1.54, 1.807) is 19.1 Å². The molecule has 0 unspecified atom stereocenters. The van der Waals surface area contributed by atoms with E-state index in [-0.39, 0.29) is 17.7 Å². The fourth-order valence-electron chi connectivity index (χ4n) is 2.52. The minimum atomic E-state index is -0.384. The van der Waals surface area contributed by atoms with Crippen LogP contribution in [0.15, 0.2) is 62.8 Å². The van der Waals surface area contributed by atoms with Crippen LogP contribution in [0.2, 0.25) is 0 Å². The Morgan fingerprint density at radius 3 is 2.79 bits per heavy atom. The van der Waals surface area contributed by atoms with Crippen molar-refractivity contribution in [2.75, 3.05) is 6.61 Å². The van der Waals surface area contributed by atoms with Gasteiger partial charge < -0.3 is 13.9 Å². The van der Waals surface area contributed by atoms with Crippen molar-refractivity contribution in [1.82, 2.24) is 0 Å². The minimum absolute atomic E-state index is 0.191. The molecule has 0 bridgehead atoms. The normalized spacial score (nSPS) is 17.8. The highest BCUT2D eigenvalue weighted by Crippen LogP contribution is 2.21. The smallest absolute Gasteiger partial charge is 0.336 e. The molecule has 0 saturated heterocycles. The predicted molar refractivity (Wildman–Crippen MR) is 90.0 cm³/mol. The molecule has 1 aromatic carbocycles. The third-order valence-corrected chi connectivity index (χ3v) is 3.82. The summed E-state index contributed by atoms with van der Waals surface area (Å²) in [5.74, 6) is 0.380. The Balaban J connectivity index is 1.59. The number of carbonyl (C=O) groups excluding carboxylic acids is 1. The lowest BCUT2D eigenvalue weighted by Crippen LogP contribution is -2.08. The third-order valence-electron chi connectivity index (χ3n) is 3.82. The van der Waals surface area contributed by atoms with Crippen LogP contribution in [-0.2, 0) is 9.53 Å². The van der Waals surface area contributed by atoms with Crippen LogP contribution in [0.3, 0.4) is 0 Å². The third kappa shape index (κ3) is 3.74. The number of ether oxygens (including phenoxy) is 2. The quantitative estimate of drug-likeness (QED) is 0.479. The van der Waals surface area contributed by atoms with Gasteiger partial charge in [0.15, 0.2) is 0 Å². The lowest BCUT2D eigenvalue weighted by molar-refractivity contribution is -0.139. The van der Waals surface area contributed by atoms with Crippen LogP contribution in [0.5, 0.6) is 5.75 Å². The standard InChI is InChI=1S/C19H18O5/c1-12(9-16-10-13(2)19(21)23-16)7-8-22-15-5-3-14-4-6-18(20)24-17(14)11-15/h3-7,10-11,16H,8-9H2,1-2H3/b12-7+/t16-/m1/s1. The summed E-state index contributed by atoms with van der Waals surface area (Å²) < 4.78 is 16.0. The van der Waals surface area contributed by atoms with Crippen molar-refractivity contribution >= 4 is 16.9 Å². The van der Waals surface area contributed by atoms with Crippen LogP contribution in [0, 0.1) is 0 Å². The second kappa shape index (κ2) is 6.74. The van der Waals surface area contributed by atoms with Gasteiger partial charge in [0.05, 0.1) is 0 Å². The highest BCUT2D eigenvalue weighted by Gasteiger charge is 2.21. The maximum atomic E-state index is 11.3. The summed E-state index contributed by atoms with van der Waals surface area (Å²) in [6.45, 7) is 4.11. The Bertz CT molecular complexity index is 888. The summed E-state index contributed by atoms with van der Waals surface area (Å²) in [5.41, 5.74) is 1.84. The molecule has 24 heavy (non-hydrogen) atoms. The van der Waals surface area contributed by atoms with E-state index >= 15 is 0 Å². The van der Waals surface area contributed by atoms with Crippen molar-refractivity contribution in [3.63, 3.8) is 0 Å². The van der Waals surface area contributed by atoms with Crippen LogP contribution in [0.4, 0.5) is 0 Å². The molecular weight excluding hydrogens is 308 g/mol. The molecule has 0 aliphatic carbocycles. The lowest BCUT2D eigenvalue weighted by Gasteiger charge is -2.09. The van der Waals surface area contributed by atoms with Crippen LogP contribution < -0.4 is 10.4 Å². The monoisotopic (exact) mass is 326 g/mol. The van der Waals surface area contributed by atoms with Gasteiger partial charge in [-0.2, -0.15) is 0 Å². The Kier molecular flexibility index (Phi) is 4.51. The van der Waals surface area contributed by atoms with Crippen LogP contribution in [-0.4, -0.2) is 18.7 Å². The number of cyclic esters (lactones) is 1. The van der Waals surface area contributed by atoms with E-state index < -0.39 is 0 Å². The van der Waals surface area contributed by atoms with Crippen molar-refractivity contribution in [3.05, 3.63) is 64.1 Å². The van der Waals surface area contributed by atoms with Crippen LogP contribution >= 0.6 is 0 Å². The number of rotatable bonds is 5. The number of carbonyl (C=O) groups is 1. The highest BCUT2D eigenvalue weighted by atomic mass is 16.5. The van der Waals surface area contributed by atoms with Gasteiger partial charge >= 0.3 is 11.6 Å². The van der Waals surface area contributed by atoms with E-state index in [2.05, 4.69) is 0 Å². The van der Waals surface area contributed by atoms with E-state index in [4.69, 9.17) is 13.9 Å².